The molecule has 0 spiro atoms. The molecule has 1 N–H and O–H groups in total. The molecule has 3 rings (SSSR count). The average Bonchev–Trinajstić information content (AvgIpc) is 3.17. The minimum atomic E-state index is -0.449. The van der Waals surface area contributed by atoms with Gasteiger partial charge < -0.3 is 10.1 Å². The first kappa shape index (κ1) is 20.5. The molecule has 1 amide bonds. The third-order valence-electron chi connectivity index (χ3n) is 4.26. The minimum absolute atomic E-state index is 0.00287. The van der Waals surface area contributed by atoms with Gasteiger partial charge in [-0.3, -0.25) is 14.9 Å². The molecule has 7 nitrogen and oxygen atoms in total. The monoisotopic (exact) mass is 411 g/mol. The van der Waals surface area contributed by atoms with Gasteiger partial charge in [0, 0.05) is 23.1 Å². The second-order valence-electron chi connectivity index (χ2n) is 6.42. The summed E-state index contributed by atoms with van der Waals surface area (Å²) in [6, 6.07) is 13.6. The number of rotatable bonds is 8. The number of nitrogens with zero attached hydrogens (tertiary/aromatic N) is 2. The molecule has 0 fully saturated rings. The average molecular weight is 411 g/mol. The number of nitro benzene ring substituents is 1. The highest BCUT2D eigenvalue weighted by atomic mass is 32.1. The van der Waals surface area contributed by atoms with Gasteiger partial charge in [0.1, 0.15) is 10.8 Å². The molecule has 1 atom stereocenters. The number of hydrogen-bond acceptors (Lipinski definition) is 6. The molecule has 0 saturated heterocycles. The van der Waals surface area contributed by atoms with E-state index in [1.807, 2.05) is 36.6 Å². The summed E-state index contributed by atoms with van der Waals surface area (Å²) in [6.45, 7) is 4.35. The number of nitrogens with one attached hydrogen (secondary N) is 1. The lowest BCUT2D eigenvalue weighted by atomic mass is 10.1. The summed E-state index contributed by atoms with van der Waals surface area (Å²) in [5.74, 6) is 0.620. The Kier molecular flexibility index (Phi) is 6.56. The number of benzene rings is 2. The van der Waals surface area contributed by atoms with E-state index in [-0.39, 0.29) is 24.1 Å². The molecule has 0 aliphatic heterocycles. The predicted molar refractivity (Wildman–Crippen MR) is 112 cm³/mol. The molecule has 150 valence electrons. The number of carbonyl (C=O) groups is 1. The van der Waals surface area contributed by atoms with Gasteiger partial charge in [0.15, 0.2) is 0 Å². The maximum absolute atomic E-state index is 12.4. The fraction of sp³-hybridized carbons (Fsp3) is 0.238. The van der Waals surface area contributed by atoms with Crippen LogP contribution in [0.25, 0.3) is 10.6 Å². The summed E-state index contributed by atoms with van der Waals surface area (Å²) < 4.78 is 5.44. The van der Waals surface area contributed by atoms with Gasteiger partial charge in [-0.2, -0.15) is 0 Å². The van der Waals surface area contributed by atoms with Gasteiger partial charge >= 0.3 is 0 Å². The Morgan fingerprint density at radius 2 is 2.03 bits per heavy atom. The zero-order chi connectivity index (χ0) is 20.8. The molecular formula is C21H21N3O4S. The van der Waals surface area contributed by atoms with Crippen molar-refractivity contribution in [2.45, 2.75) is 26.3 Å². The number of thiazole rings is 1. The minimum Gasteiger partial charge on any atom is -0.494 e. The molecule has 0 bridgehead atoms. The SMILES string of the molecule is CCOc1ccc(-c2nc(CC(=O)NC(C)c3cccc([N+](=O)[O-])c3)cs2)cc1. The van der Waals surface area contributed by atoms with E-state index in [9.17, 15) is 14.9 Å². The summed E-state index contributed by atoms with van der Waals surface area (Å²) in [6.07, 6.45) is 0.146. The van der Waals surface area contributed by atoms with Crippen molar-refractivity contribution in [2.24, 2.45) is 0 Å². The van der Waals surface area contributed by atoms with Crippen molar-refractivity contribution in [1.29, 1.82) is 0 Å². The number of ether oxygens (including phenoxy) is 1. The zero-order valence-corrected chi connectivity index (χ0v) is 16.9. The third-order valence-corrected chi connectivity index (χ3v) is 5.20. The van der Waals surface area contributed by atoms with Crippen LogP contribution in [0.1, 0.15) is 31.1 Å². The molecule has 1 aromatic heterocycles. The zero-order valence-electron chi connectivity index (χ0n) is 16.1. The fourth-order valence-electron chi connectivity index (χ4n) is 2.83. The molecule has 3 aromatic rings. The van der Waals surface area contributed by atoms with Crippen LogP contribution in [0.15, 0.2) is 53.9 Å². The highest BCUT2D eigenvalue weighted by Crippen LogP contribution is 2.26. The van der Waals surface area contributed by atoms with Crippen LogP contribution >= 0.6 is 11.3 Å². The van der Waals surface area contributed by atoms with Crippen molar-refractivity contribution >= 4 is 22.9 Å². The van der Waals surface area contributed by atoms with Crippen LogP contribution < -0.4 is 10.1 Å². The molecule has 1 unspecified atom stereocenters. The van der Waals surface area contributed by atoms with Crippen molar-refractivity contribution in [3.05, 3.63) is 75.3 Å². The van der Waals surface area contributed by atoms with Crippen LogP contribution in [0.4, 0.5) is 5.69 Å². The molecule has 0 saturated carbocycles. The summed E-state index contributed by atoms with van der Waals surface area (Å²) in [4.78, 5) is 27.4. The molecular weight excluding hydrogens is 390 g/mol. The molecule has 0 aliphatic carbocycles. The van der Waals surface area contributed by atoms with Gasteiger partial charge in [0.25, 0.3) is 5.69 Å². The van der Waals surface area contributed by atoms with E-state index in [0.29, 0.717) is 17.9 Å². The predicted octanol–water partition coefficient (Wildman–Crippen LogP) is 4.54. The number of hydrogen-bond donors (Lipinski definition) is 1. The highest BCUT2D eigenvalue weighted by Gasteiger charge is 2.15. The number of carbonyl (C=O) groups excluding carboxylic acids is 1. The number of non-ortho nitro benzene ring substituents is 1. The van der Waals surface area contributed by atoms with Crippen LogP contribution in [0.5, 0.6) is 5.75 Å². The van der Waals surface area contributed by atoms with E-state index in [1.165, 1.54) is 23.5 Å². The van der Waals surface area contributed by atoms with Crippen molar-refractivity contribution in [3.63, 3.8) is 0 Å². The molecule has 0 radical (unpaired) electrons. The largest absolute Gasteiger partial charge is 0.494 e. The first-order valence-electron chi connectivity index (χ1n) is 9.17. The normalized spacial score (nSPS) is 11.7. The van der Waals surface area contributed by atoms with Crippen LogP contribution in [0.2, 0.25) is 0 Å². The Hall–Kier alpha value is -3.26. The van der Waals surface area contributed by atoms with Gasteiger partial charge in [-0.15, -0.1) is 11.3 Å². The summed E-state index contributed by atoms with van der Waals surface area (Å²) >= 11 is 1.48. The Balaban J connectivity index is 1.61. The smallest absolute Gasteiger partial charge is 0.269 e. The number of amides is 1. The summed E-state index contributed by atoms with van der Waals surface area (Å²) in [5, 5.41) is 16.5. The lowest BCUT2D eigenvalue weighted by molar-refractivity contribution is -0.384. The van der Waals surface area contributed by atoms with Crippen molar-refractivity contribution < 1.29 is 14.5 Å². The first-order valence-corrected chi connectivity index (χ1v) is 10.1. The van der Waals surface area contributed by atoms with Crippen molar-refractivity contribution in [2.75, 3.05) is 6.61 Å². The van der Waals surface area contributed by atoms with E-state index in [2.05, 4.69) is 10.3 Å². The second-order valence-corrected chi connectivity index (χ2v) is 7.28. The van der Waals surface area contributed by atoms with Gasteiger partial charge in [-0.1, -0.05) is 12.1 Å². The second kappa shape index (κ2) is 9.29. The maximum atomic E-state index is 12.4. The number of aromatic nitrogens is 1. The molecule has 1 heterocycles. The molecule has 8 heteroatoms. The molecule has 0 aliphatic rings. The van der Waals surface area contributed by atoms with E-state index >= 15 is 0 Å². The highest BCUT2D eigenvalue weighted by molar-refractivity contribution is 7.13. The Labute approximate surface area is 172 Å². The topological polar surface area (TPSA) is 94.4 Å². The molecule has 29 heavy (non-hydrogen) atoms. The van der Waals surface area contributed by atoms with Crippen LogP contribution in [-0.2, 0) is 11.2 Å². The van der Waals surface area contributed by atoms with E-state index < -0.39 is 4.92 Å². The maximum Gasteiger partial charge on any atom is 0.269 e. The standard InChI is InChI=1S/C21H21N3O4S/c1-3-28-19-9-7-15(8-10-19)21-23-17(13-29-21)12-20(25)22-14(2)16-5-4-6-18(11-16)24(26)27/h4-11,13-14H,3,12H2,1-2H3,(H,22,25). The number of nitro groups is 1. The van der Waals surface area contributed by atoms with Crippen molar-refractivity contribution in [3.8, 4) is 16.3 Å². The van der Waals surface area contributed by atoms with E-state index in [0.717, 1.165) is 16.3 Å². The van der Waals surface area contributed by atoms with E-state index in [4.69, 9.17) is 4.74 Å². The van der Waals surface area contributed by atoms with Gasteiger partial charge in [-0.25, -0.2) is 4.98 Å². The fourth-order valence-corrected chi connectivity index (χ4v) is 3.66. The first-order chi connectivity index (χ1) is 14.0. The van der Waals surface area contributed by atoms with Gasteiger partial charge in [0.2, 0.25) is 5.91 Å². The van der Waals surface area contributed by atoms with Crippen LogP contribution in [0.3, 0.4) is 0 Å². The third kappa shape index (κ3) is 5.39. The Morgan fingerprint density at radius 3 is 2.72 bits per heavy atom. The van der Waals surface area contributed by atoms with Crippen molar-refractivity contribution in [1.82, 2.24) is 10.3 Å². The summed E-state index contributed by atoms with van der Waals surface area (Å²) in [5.41, 5.74) is 2.33. The van der Waals surface area contributed by atoms with Crippen LogP contribution in [-0.4, -0.2) is 22.4 Å². The lowest BCUT2D eigenvalue weighted by Crippen LogP contribution is -2.28. The van der Waals surface area contributed by atoms with E-state index in [1.54, 1.807) is 19.1 Å². The van der Waals surface area contributed by atoms with Gasteiger partial charge in [0.05, 0.1) is 29.7 Å². The lowest BCUT2D eigenvalue weighted by Gasteiger charge is -2.13. The molecule has 2 aromatic carbocycles. The Bertz CT molecular complexity index is 1000. The quantitative estimate of drug-likeness (QED) is 0.434. The van der Waals surface area contributed by atoms with Crippen LogP contribution in [0, 0.1) is 10.1 Å². The Morgan fingerprint density at radius 1 is 1.28 bits per heavy atom. The van der Waals surface area contributed by atoms with Gasteiger partial charge in [-0.05, 0) is 43.7 Å². The summed E-state index contributed by atoms with van der Waals surface area (Å²) in [7, 11) is 0.